The Morgan fingerprint density at radius 1 is 1.30 bits per heavy atom. The van der Waals surface area contributed by atoms with E-state index < -0.39 is 23.3 Å². The largest absolute Gasteiger partial charge is 0.416 e. The van der Waals surface area contributed by atoms with Crippen LogP contribution in [0.4, 0.5) is 18.9 Å². The number of benzene rings is 1. The third-order valence-corrected chi connectivity index (χ3v) is 5.81. The Bertz CT molecular complexity index is 1140. The van der Waals surface area contributed by atoms with Gasteiger partial charge in [0.25, 0.3) is 5.56 Å². The van der Waals surface area contributed by atoms with Gasteiger partial charge in [0, 0.05) is 13.0 Å². The lowest BCUT2D eigenvalue weighted by molar-refractivity contribution is -0.138. The van der Waals surface area contributed by atoms with Crippen molar-refractivity contribution >= 4 is 17.3 Å². The van der Waals surface area contributed by atoms with E-state index in [0.29, 0.717) is 24.3 Å². The average Bonchev–Trinajstić information content (AvgIpc) is 3.14. The third kappa shape index (κ3) is 3.34. The molecule has 3 aromatic rings. The molecular weight excluding hydrogens is 421 g/mol. The summed E-state index contributed by atoms with van der Waals surface area (Å²) in [6, 6.07) is 4.55. The number of hydrogen-bond donors (Lipinski definition) is 1. The van der Waals surface area contributed by atoms with Crippen molar-refractivity contribution < 1.29 is 13.2 Å². The molecule has 7 nitrogen and oxygen atoms in total. The van der Waals surface area contributed by atoms with Crippen LogP contribution in [0.1, 0.15) is 48.4 Å². The summed E-state index contributed by atoms with van der Waals surface area (Å²) in [7, 11) is 0. The van der Waals surface area contributed by atoms with Gasteiger partial charge in [0.05, 0.1) is 35.2 Å². The van der Waals surface area contributed by atoms with Crippen molar-refractivity contribution in [1.82, 2.24) is 25.2 Å². The van der Waals surface area contributed by atoms with Crippen LogP contribution >= 0.6 is 11.6 Å². The molecule has 158 valence electrons. The van der Waals surface area contributed by atoms with Crippen LogP contribution in [-0.2, 0) is 12.6 Å². The minimum absolute atomic E-state index is 0.0279. The first kappa shape index (κ1) is 20.4. The SMILES string of the molecule is C[C@H](c1ccccc1C(F)(F)F)n1nnc2c1CCN(c1cn[nH]c(=O)c1Cl)[C@H]2C. The predicted molar refractivity (Wildman–Crippen MR) is 105 cm³/mol. The Labute approximate surface area is 174 Å². The Morgan fingerprint density at radius 3 is 2.77 bits per heavy atom. The molecule has 0 bridgehead atoms. The van der Waals surface area contributed by atoms with E-state index in [2.05, 4.69) is 20.5 Å². The first-order valence-corrected chi connectivity index (χ1v) is 9.67. The first-order valence-electron chi connectivity index (χ1n) is 9.30. The molecule has 2 aromatic heterocycles. The lowest BCUT2D eigenvalue weighted by atomic mass is 9.99. The monoisotopic (exact) mass is 438 g/mol. The van der Waals surface area contributed by atoms with Crippen molar-refractivity contribution in [2.24, 2.45) is 0 Å². The van der Waals surface area contributed by atoms with E-state index in [9.17, 15) is 18.0 Å². The molecule has 1 N–H and O–H groups in total. The maximum Gasteiger partial charge on any atom is 0.416 e. The minimum atomic E-state index is -4.46. The molecule has 0 radical (unpaired) electrons. The van der Waals surface area contributed by atoms with Gasteiger partial charge in [-0.05, 0) is 25.5 Å². The Balaban J connectivity index is 1.71. The lowest BCUT2D eigenvalue weighted by Crippen LogP contribution is -2.36. The van der Waals surface area contributed by atoms with Gasteiger partial charge in [-0.2, -0.15) is 18.3 Å². The summed E-state index contributed by atoms with van der Waals surface area (Å²) in [4.78, 5) is 13.7. The molecular formula is C19H18ClF3N6O. The smallest absolute Gasteiger partial charge is 0.360 e. The molecule has 4 rings (SSSR count). The maximum atomic E-state index is 13.5. The molecule has 0 saturated heterocycles. The van der Waals surface area contributed by atoms with Gasteiger partial charge < -0.3 is 4.90 Å². The summed E-state index contributed by atoms with van der Waals surface area (Å²) in [5, 5.41) is 14.5. The second-order valence-corrected chi connectivity index (χ2v) is 7.52. The fraction of sp³-hybridized carbons (Fsp3) is 0.368. The molecule has 0 saturated carbocycles. The van der Waals surface area contributed by atoms with Crippen LogP contribution in [-0.4, -0.2) is 31.7 Å². The number of aromatic amines is 1. The highest BCUT2D eigenvalue weighted by Gasteiger charge is 2.36. The van der Waals surface area contributed by atoms with Crippen molar-refractivity contribution in [3.8, 4) is 0 Å². The van der Waals surface area contributed by atoms with E-state index in [4.69, 9.17) is 11.6 Å². The van der Waals surface area contributed by atoms with Gasteiger partial charge in [0.1, 0.15) is 10.7 Å². The second-order valence-electron chi connectivity index (χ2n) is 7.14. The molecule has 1 aliphatic rings. The van der Waals surface area contributed by atoms with Gasteiger partial charge in [0.15, 0.2) is 0 Å². The minimum Gasteiger partial charge on any atom is -0.360 e. The quantitative estimate of drug-likeness (QED) is 0.673. The van der Waals surface area contributed by atoms with Crippen molar-refractivity contribution in [2.45, 2.75) is 38.5 Å². The number of nitrogens with one attached hydrogen (secondary N) is 1. The fourth-order valence-corrected chi connectivity index (χ4v) is 4.13. The summed E-state index contributed by atoms with van der Waals surface area (Å²) in [6.07, 6.45) is -2.51. The molecule has 0 spiro atoms. The van der Waals surface area contributed by atoms with E-state index >= 15 is 0 Å². The molecule has 1 aliphatic heterocycles. The van der Waals surface area contributed by atoms with Crippen LogP contribution in [0.25, 0.3) is 0 Å². The van der Waals surface area contributed by atoms with E-state index in [1.54, 1.807) is 17.7 Å². The number of nitrogens with zero attached hydrogens (tertiary/aromatic N) is 5. The molecule has 30 heavy (non-hydrogen) atoms. The fourth-order valence-electron chi connectivity index (χ4n) is 3.93. The lowest BCUT2D eigenvalue weighted by Gasteiger charge is -2.34. The van der Waals surface area contributed by atoms with Gasteiger partial charge in [-0.3, -0.25) is 4.79 Å². The molecule has 11 heteroatoms. The molecule has 3 heterocycles. The van der Waals surface area contributed by atoms with E-state index in [-0.39, 0.29) is 16.6 Å². The van der Waals surface area contributed by atoms with Crippen LogP contribution in [0.15, 0.2) is 35.3 Å². The highest BCUT2D eigenvalue weighted by atomic mass is 35.5. The number of fused-ring (bicyclic) bond motifs is 1. The number of aromatic nitrogens is 5. The molecule has 1 aromatic carbocycles. The van der Waals surface area contributed by atoms with Crippen molar-refractivity contribution in [2.75, 3.05) is 11.4 Å². The zero-order chi connectivity index (χ0) is 21.6. The zero-order valence-electron chi connectivity index (χ0n) is 16.1. The Morgan fingerprint density at radius 2 is 2.03 bits per heavy atom. The van der Waals surface area contributed by atoms with Gasteiger partial charge in [-0.25, -0.2) is 9.78 Å². The number of anilines is 1. The number of hydrogen-bond acceptors (Lipinski definition) is 5. The van der Waals surface area contributed by atoms with E-state index in [0.717, 1.165) is 11.8 Å². The van der Waals surface area contributed by atoms with Crippen molar-refractivity contribution in [3.05, 3.63) is 68.4 Å². The van der Waals surface area contributed by atoms with Gasteiger partial charge in [-0.1, -0.05) is 35.0 Å². The van der Waals surface area contributed by atoms with E-state index in [1.807, 2.05) is 11.8 Å². The standard InChI is InChI=1S/C19H18ClF3N6O/c1-10(12-5-3-4-6-13(12)19(21,22)23)29-14-7-8-28(11(2)17(14)25-27-29)15-9-24-26-18(30)16(15)20/h3-6,9-11H,7-8H2,1-2H3,(H,26,30)/t10-,11+/m1/s1. The normalized spacial score (nSPS) is 17.7. The van der Waals surface area contributed by atoms with Crippen LogP contribution < -0.4 is 10.5 Å². The topological polar surface area (TPSA) is 79.7 Å². The molecule has 2 atom stereocenters. The van der Waals surface area contributed by atoms with Crippen molar-refractivity contribution in [3.63, 3.8) is 0 Å². The molecule has 0 aliphatic carbocycles. The summed E-state index contributed by atoms with van der Waals surface area (Å²) >= 11 is 6.14. The van der Waals surface area contributed by atoms with Crippen molar-refractivity contribution in [1.29, 1.82) is 0 Å². The van der Waals surface area contributed by atoms with Crippen LogP contribution in [0.5, 0.6) is 0 Å². The average molecular weight is 439 g/mol. The van der Waals surface area contributed by atoms with Gasteiger partial charge in [-0.15, -0.1) is 5.10 Å². The maximum absolute atomic E-state index is 13.5. The summed E-state index contributed by atoms with van der Waals surface area (Å²) in [5.41, 5.74) is 0.825. The first-order chi connectivity index (χ1) is 14.2. The predicted octanol–water partition coefficient (Wildman–Crippen LogP) is 3.77. The number of H-pyrrole nitrogens is 1. The summed E-state index contributed by atoms with van der Waals surface area (Å²) in [5.74, 6) is 0. The number of halogens is 4. The van der Waals surface area contributed by atoms with Crippen LogP contribution in [0.2, 0.25) is 5.02 Å². The third-order valence-electron chi connectivity index (χ3n) is 5.44. The Kier molecular flexibility index (Phi) is 5.05. The molecule has 0 unspecified atom stereocenters. The summed E-state index contributed by atoms with van der Waals surface area (Å²) in [6.45, 7) is 4.04. The molecule has 0 amide bonds. The van der Waals surface area contributed by atoms with Crippen LogP contribution in [0.3, 0.4) is 0 Å². The second kappa shape index (κ2) is 7.42. The van der Waals surface area contributed by atoms with Crippen LogP contribution in [0, 0.1) is 0 Å². The highest BCUT2D eigenvalue weighted by molar-refractivity contribution is 6.33. The van der Waals surface area contributed by atoms with Gasteiger partial charge in [0.2, 0.25) is 0 Å². The Hall–Kier alpha value is -2.88. The number of rotatable bonds is 3. The van der Waals surface area contributed by atoms with E-state index in [1.165, 1.54) is 18.3 Å². The number of alkyl halides is 3. The molecule has 0 fully saturated rings. The summed E-state index contributed by atoms with van der Waals surface area (Å²) < 4.78 is 41.9. The van der Waals surface area contributed by atoms with Gasteiger partial charge >= 0.3 is 6.18 Å². The highest BCUT2D eigenvalue weighted by Crippen LogP contribution is 2.38. The zero-order valence-corrected chi connectivity index (χ0v) is 16.9.